The van der Waals surface area contributed by atoms with E-state index in [9.17, 15) is 0 Å². The summed E-state index contributed by atoms with van der Waals surface area (Å²) in [4.78, 5) is 8.68. The van der Waals surface area contributed by atoms with Crippen molar-refractivity contribution in [1.29, 1.82) is 0 Å². The Hall–Kier alpha value is 0.774. The van der Waals surface area contributed by atoms with Gasteiger partial charge in [0.05, 0.1) is 0 Å². The molecule has 0 atom stereocenters. The molecule has 0 saturated heterocycles. The van der Waals surface area contributed by atoms with Gasteiger partial charge < -0.3 is 11.7 Å². The normalized spacial score (nSPS) is 5.38. The Morgan fingerprint density at radius 1 is 1.62 bits per heavy atom. The monoisotopic (exact) mass is 189 g/mol. The van der Waals surface area contributed by atoms with Crippen molar-refractivity contribution in [3.8, 4) is 0 Å². The Labute approximate surface area is 77.1 Å². The fourth-order valence-electron chi connectivity index (χ4n) is 0. The molecule has 0 radical (unpaired) electrons. The van der Waals surface area contributed by atoms with E-state index in [1.807, 2.05) is 0 Å². The van der Waals surface area contributed by atoms with E-state index in [0.29, 0.717) is 0 Å². The second kappa shape index (κ2) is 25.0. The molecule has 0 aromatic rings. The maximum Gasteiger partial charge on any atom is 3.00 e. The zero-order chi connectivity index (χ0) is 6.12. The van der Waals surface area contributed by atoms with Crippen molar-refractivity contribution in [2.45, 2.75) is 26.7 Å². The van der Waals surface area contributed by atoms with Crippen LogP contribution in [0, 0.1) is 6.92 Å². The first kappa shape index (κ1) is 15.9. The summed E-state index contributed by atoms with van der Waals surface area (Å²) in [5, 5.41) is 0. The Morgan fingerprint density at radius 2 is 1.75 bits per heavy atom. The summed E-state index contributed by atoms with van der Waals surface area (Å²) < 4.78 is 0. The first-order valence-electron chi connectivity index (χ1n) is 2.41. The van der Waals surface area contributed by atoms with Crippen LogP contribution in [0.15, 0.2) is 0 Å². The van der Waals surface area contributed by atoms with Crippen LogP contribution < -0.4 is 0 Å². The number of hydrogen-bond donors (Lipinski definition) is 0. The fourth-order valence-corrected chi connectivity index (χ4v) is 0. The molecule has 8 heavy (non-hydrogen) atoms. The molecule has 0 saturated carbocycles. The Balaban J connectivity index is -0.0000000575. The van der Waals surface area contributed by atoms with E-state index < -0.39 is 0 Å². The Kier molecular flexibility index (Phi) is 49.8. The number of carbonyl (C=O) groups excluding carboxylic acids is 1. The summed E-state index contributed by atoms with van der Waals surface area (Å²) in [7, 11) is 0. The van der Waals surface area contributed by atoms with Gasteiger partial charge in [0, 0.05) is 0 Å². The van der Waals surface area contributed by atoms with Gasteiger partial charge in [-0.2, -0.15) is 13.3 Å². The summed E-state index contributed by atoms with van der Waals surface area (Å²) in [6.07, 6.45) is 3.78. The van der Waals surface area contributed by atoms with Crippen molar-refractivity contribution in [3.05, 3.63) is 6.92 Å². The van der Waals surface area contributed by atoms with E-state index in [1.54, 1.807) is 0 Å². The summed E-state index contributed by atoms with van der Waals surface area (Å²) >= 11 is 0. The van der Waals surface area contributed by atoms with Gasteiger partial charge >= 0.3 is 32.7 Å². The van der Waals surface area contributed by atoms with E-state index in [1.165, 1.54) is 19.6 Å². The predicted molar refractivity (Wildman–Crippen MR) is 31.6 cm³/mol. The standard InChI is InChI=1S/C4H9.C2H3O.Y/c1-3-4-2;1-2-3;/h1,3-4H2,2H3;1H3;/q2*-1;+3. The molecule has 0 heterocycles. The molecule has 0 bridgehead atoms. The molecule has 0 aliphatic heterocycles. The SMILES string of the molecule is C[C-]=O.[CH2-]CCC.[Y+3]. The first-order chi connectivity index (χ1) is 3.33. The zero-order valence-electron chi connectivity index (χ0n) is 5.61. The average Bonchev–Trinajstić information content (AvgIpc) is 1.69. The van der Waals surface area contributed by atoms with Gasteiger partial charge in [-0.3, -0.25) is 6.29 Å². The van der Waals surface area contributed by atoms with Gasteiger partial charge in [0.1, 0.15) is 0 Å². The van der Waals surface area contributed by atoms with E-state index >= 15 is 0 Å². The van der Waals surface area contributed by atoms with Crippen LogP contribution in [0.4, 0.5) is 0 Å². The minimum absolute atomic E-state index is 0. The van der Waals surface area contributed by atoms with Crippen LogP contribution in [-0.4, -0.2) is 6.29 Å². The van der Waals surface area contributed by atoms with Crippen LogP contribution in [0.3, 0.4) is 0 Å². The molecule has 44 valence electrons. The smallest absolute Gasteiger partial charge is 0.542 e. The molecule has 0 aliphatic rings. The van der Waals surface area contributed by atoms with E-state index in [0.717, 1.165) is 6.42 Å². The number of rotatable bonds is 1. The molecule has 0 aromatic heterocycles. The van der Waals surface area contributed by atoms with E-state index in [4.69, 9.17) is 4.79 Å². The van der Waals surface area contributed by atoms with Crippen LogP contribution in [0.5, 0.6) is 0 Å². The third-order valence-electron chi connectivity index (χ3n) is 0.354. The van der Waals surface area contributed by atoms with Gasteiger partial charge in [0.25, 0.3) is 0 Å². The van der Waals surface area contributed by atoms with Crippen molar-refractivity contribution >= 4 is 6.29 Å². The Morgan fingerprint density at radius 3 is 1.75 bits per heavy atom. The van der Waals surface area contributed by atoms with E-state index in [2.05, 4.69) is 13.8 Å². The van der Waals surface area contributed by atoms with Crippen LogP contribution in [-0.2, 0) is 37.5 Å². The van der Waals surface area contributed by atoms with Crippen LogP contribution in [0.25, 0.3) is 0 Å². The summed E-state index contributed by atoms with van der Waals surface area (Å²) in [5.74, 6) is 0. The molecule has 0 unspecified atom stereocenters. The van der Waals surface area contributed by atoms with Gasteiger partial charge in [0.15, 0.2) is 0 Å². The molecule has 0 fully saturated rings. The van der Waals surface area contributed by atoms with Gasteiger partial charge in [-0.25, -0.2) is 0 Å². The topological polar surface area (TPSA) is 17.1 Å². The Bertz CT molecular complexity index is 27.7. The largest absolute Gasteiger partial charge is 3.00 e. The van der Waals surface area contributed by atoms with Crippen molar-refractivity contribution < 1.29 is 37.5 Å². The van der Waals surface area contributed by atoms with Crippen molar-refractivity contribution in [2.75, 3.05) is 0 Å². The van der Waals surface area contributed by atoms with Crippen LogP contribution in [0.2, 0.25) is 0 Å². The van der Waals surface area contributed by atoms with Gasteiger partial charge in [0.2, 0.25) is 0 Å². The van der Waals surface area contributed by atoms with Crippen molar-refractivity contribution in [3.63, 3.8) is 0 Å². The molecule has 0 spiro atoms. The van der Waals surface area contributed by atoms with Gasteiger partial charge in [-0.05, 0) is 0 Å². The summed E-state index contributed by atoms with van der Waals surface area (Å²) in [6, 6.07) is 0. The van der Waals surface area contributed by atoms with Crippen molar-refractivity contribution in [2.24, 2.45) is 0 Å². The molecule has 1 nitrogen and oxygen atoms in total. The molecule has 2 heteroatoms. The second-order valence-corrected chi connectivity index (χ2v) is 1.06. The molecule has 0 aromatic carbocycles. The summed E-state index contributed by atoms with van der Waals surface area (Å²) in [6.45, 7) is 7.04. The first-order valence-corrected chi connectivity index (χ1v) is 2.41. The maximum absolute atomic E-state index is 8.68. The third-order valence-corrected chi connectivity index (χ3v) is 0.354. The van der Waals surface area contributed by atoms with Gasteiger partial charge in [-0.1, -0.05) is 13.3 Å². The van der Waals surface area contributed by atoms with Crippen LogP contribution in [0.1, 0.15) is 26.7 Å². The number of hydrogen-bond acceptors (Lipinski definition) is 1. The minimum Gasteiger partial charge on any atom is -0.542 e. The maximum atomic E-state index is 8.68. The quantitative estimate of drug-likeness (QED) is 0.574. The predicted octanol–water partition coefficient (Wildman–Crippen LogP) is 1.73. The molecule has 0 aliphatic carbocycles. The average molecular weight is 189 g/mol. The van der Waals surface area contributed by atoms with Gasteiger partial charge in [-0.15, -0.1) is 0 Å². The molecule has 0 N–H and O–H groups in total. The third kappa shape index (κ3) is 71.8. The van der Waals surface area contributed by atoms with Crippen molar-refractivity contribution in [1.82, 2.24) is 0 Å². The number of unbranched alkanes of at least 4 members (excludes halogenated alkanes) is 1. The van der Waals surface area contributed by atoms with E-state index in [-0.39, 0.29) is 32.7 Å². The zero-order valence-corrected chi connectivity index (χ0v) is 8.45. The minimum atomic E-state index is 0. The summed E-state index contributed by atoms with van der Waals surface area (Å²) in [5.41, 5.74) is 0. The fraction of sp³-hybridized carbons (Fsp3) is 0.667. The van der Waals surface area contributed by atoms with Crippen LogP contribution >= 0.6 is 0 Å². The second-order valence-electron chi connectivity index (χ2n) is 1.06. The molecule has 0 rings (SSSR count). The molecular weight excluding hydrogens is 177 g/mol. The molecular formula is C6H12OY+. The molecule has 0 amide bonds.